The van der Waals surface area contributed by atoms with E-state index in [4.69, 9.17) is 10.2 Å². The SMILES string of the molecule is CC(C)OC(O)(O)OC(C)C. The highest BCUT2D eigenvalue weighted by atomic mass is 16.9. The van der Waals surface area contributed by atoms with Crippen LogP contribution in [0.3, 0.4) is 0 Å². The summed E-state index contributed by atoms with van der Waals surface area (Å²) in [6.07, 6.45) is -3.03. The van der Waals surface area contributed by atoms with E-state index in [1.54, 1.807) is 27.7 Å². The molecule has 0 aliphatic carbocycles. The van der Waals surface area contributed by atoms with Gasteiger partial charge in [-0.05, 0) is 27.7 Å². The quantitative estimate of drug-likeness (QED) is 0.592. The third-order valence-electron chi connectivity index (χ3n) is 0.778. The van der Waals surface area contributed by atoms with E-state index in [9.17, 15) is 0 Å². The molecule has 0 saturated carbocycles. The van der Waals surface area contributed by atoms with Crippen molar-refractivity contribution in [3.63, 3.8) is 0 Å². The number of hydrogen-bond donors (Lipinski definition) is 2. The van der Waals surface area contributed by atoms with Crippen LogP contribution in [-0.2, 0) is 9.47 Å². The van der Waals surface area contributed by atoms with Crippen LogP contribution in [0.25, 0.3) is 0 Å². The van der Waals surface area contributed by atoms with Crippen LogP contribution in [0.2, 0.25) is 0 Å². The number of aliphatic hydroxyl groups is 2. The zero-order chi connectivity index (χ0) is 9.07. The van der Waals surface area contributed by atoms with Gasteiger partial charge in [-0.1, -0.05) is 0 Å². The van der Waals surface area contributed by atoms with E-state index in [2.05, 4.69) is 9.47 Å². The predicted molar refractivity (Wildman–Crippen MR) is 39.6 cm³/mol. The van der Waals surface area contributed by atoms with Crippen molar-refractivity contribution in [2.45, 2.75) is 46.1 Å². The highest BCUT2D eigenvalue weighted by Crippen LogP contribution is 2.10. The van der Waals surface area contributed by atoms with Crippen LogP contribution in [-0.4, -0.2) is 28.6 Å². The van der Waals surface area contributed by atoms with Crippen molar-refractivity contribution in [1.29, 1.82) is 0 Å². The Bertz CT molecular complexity index is 97.0. The first-order valence-electron chi connectivity index (χ1n) is 3.64. The van der Waals surface area contributed by atoms with Crippen molar-refractivity contribution < 1.29 is 19.7 Å². The summed E-state index contributed by atoms with van der Waals surface area (Å²) in [5.74, 6) is 0. The topological polar surface area (TPSA) is 58.9 Å². The Morgan fingerprint density at radius 1 is 0.909 bits per heavy atom. The Labute approximate surface area is 66.7 Å². The fraction of sp³-hybridized carbons (Fsp3) is 1.00. The van der Waals surface area contributed by atoms with Gasteiger partial charge in [0, 0.05) is 0 Å². The van der Waals surface area contributed by atoms with Gasteiger partial charge >= 0.3 is 6.16 Å². The van der Waals surface area contributed by atoms with Gasteiger partial charge in [-0.25, -0.2) is 0 Å². The molecule has 0 bridgehead atoms. The average molecular weight is 164 g/mol. The molecular weight excluding hydrogens is 148 g/mol. The fourth-order valence-corrected chi connectivity index (χ4v) is 0.642. The molecule has 0 aromatic rings. The molecule has 68 valence electrons. The zero-order valence-corrected chi connectivity index (χ0v) is 7.37. The zero-order valence-electron chi connectivity index (χ0n) is 7.37. The van der Waals surface area contributed by atoms with Crippen molar-refractivity contribution in [3.05, 3.63) is 0 Å². The molecule has 0 aromatic heterocycles. The van der Waals surface area contributed by atoms with E-state index in [0.717, 1.165) is 0 Å². The molecule has 0 spiro atoms. The van der Waals surface area contributed by atoms with Crippen molar-refractivity contribution in [2.75, 3.05) is 0 Å². The van der Waals surface area contributed by atoms with Crippen LogP contribution in [0.15, 0.2) is 0 Å². The fourth-order valence-electron chi connectivity index (χ4n) is 0.642. The Hall–Kier alpha value is -0.160. The van der Waals surface area contributed by atoms with Crippen molar-refractivity contribution >= 4 is 0 Å². The van der Waals surface area contributed by atoms with Gasteiger partial charge in [0.2, 0.25) is 0 Å². The number of ether oxygens (including phenoxy) is 2. The van der Waals surface area contributed by atoms with Gasteiger partial charge in [-0.2, -0.15) is 0 Å². The molecule has 0 fully saturated rings. The van der Waals surface area contributed by atoms with Crippen LogP contribution >= 0.6 is 0 Å². The molecule has 11 heavy (non-hydrogen) atoms. The predicted octanol–water partition coefficient (Wildman–Crippen LogP) is 0.432. The van der Waals surface area contributed by atoms with E-state index < -0.39 is 6.16 Å². The maximum absolute atomic E-state index is 8.97. The molecule has 0 aliphatic heterocycles. The highest BCUT2D eigenvalue weighted by Gasteiger charge is 2.28. The maximum atomic E-state index is 8.97. The minimum atomic E-state index is -2.46. The van der Waals surface area contributed by atoms with Crippen molar-refractivity contribution in [3.8, 4) is 0 Å². The second-order valence-electron chi connectivity index (χ2n) is 2.88. The minimum absolute atomic E-state index is 0.288. The molecule has 0 radical (unpaired) electrons. The molecular formula is C7H16O4. The number of hydrogen-bond acceptors (Lipinski definition) is 4. The van der Waals surface area contributed by atoms with Crippen molar-refractivity contribution in [2.24, 2.45) is 0 Å². The molecule has 0 rings (SSSR count). The minimum Gasteiger partial charge on any atom is -0.319 e. The van der Waals surface area contributed by atoms with Crippen LogP contribution in [0, 0.1) is 0 Å². The summed E-state index contributed by atoms with van der Waals surface area (Å²) in [5.41, 5.74) is 0. The van der Waals surface area contributed by atoms with Gasteiger partial charge in [0.25, 0.3) is 0 Å². The molecule has 0 aromatic carbocycles. The lowest BCUT2D eigenvalue weighted by atomic mass is 10.5. The summed E-state index contributed by atoms with van der Waals surface area (Å²) < 4.78 is 9.27. The van der Waals surface area contributed by atoms with E-state index in [0.29, 0.717) is 0 Å². The monoisotopic (exact) mass is 164 g/mol. The lowest BCUT2D eigenvalue weighted by Gasteiger charge is -2.25. The summed E-state index contributed by atoms with van der Waals surface area (Å²) >= 11 is 0. The van der Waals surface area contributed by atoms with Gasteiger partial charge < -0.3 is 19.7 Å². The van der Waals surface area contributed by atoms with Crippen LogP contribution in [0.4, 0.5) is 0 Å². The van der Waals surface area contributed by atoms with E-state index in [1.807, 2.05) is 0 Å². The van der Waals surface area contributed by atoms with Gasteiger partial charge in [0.15, 0.2) is 0 Å². The van der Waals surface area contributed by atoms with Crippen LogP contribution < -0.4 is 0 Å². The average Bonchev–Trinajstić information content (AvgIpc) is 1.53. The third kappa shape index (κ3) is 6.25. The van der Waals surface area contributed by atoms with E-state index in [-0.39, 0.29) is 12.2 Å². The third-order valence-corrected chi connectivity index (χ3v) is 0.778. The van der Waals surface area contributed by atoms with E-state index >= 15 is 0 Å². The summed E-state index contributed by atoms with van der Waals surface area (Å²) in [6.45, 7) is 6.74. The Balaban J connectivity index is 3.79. The molecule has 4 nitrogen and oxygen atoms in total. The van der Waals surface area contributed by atoms with Crippen LogP contribution in [0.1, 0.15) is 27.7 Å². The Kier molecular flexibility index (Phi) is 3.96. The molecule has 0 heterocycles. The standard InChI is InChI=1S/C7H16O4/c1-5(2)10-7(8,9)11-6(3)4/h5-6,8-9H,1-4H3. The van der Waals surface area contributed by atoms with Crippen molar-refractivity contribution in [1.82, 2.24) is 0 Å². The second kappa shape index (κ2) is 4.01. The second-order valence-corrected chi connectivity index (χ2v) is 2.88. The molecule has 2 N–H and O–H groups in total. The number of rotatable bonds is 4. The first-order chi connectivity index (χ1) is 4.83. The summed E-state index contributed by atoms with van der Waals surface area (Å²) in [5, 5.41) is 17.9. The van der Waals surface area contributed by atoms with Gasteiger partial charge in [-0.3, -0.25) is 0 Å². The molecule has 0 amide bonds. The lowest BCUT2D eigenvalue weighted by molar-refractivity contribution is -0.486. The molecule has 0 saturated heterocycles. The summed E-state index contributed by atoms with van der Waals surface area (Å²) in [7, 11) is 0. The van der Waals surface area contributed by atoms with Crippen LogP contribution in [0.5, 0.6) is 0 Å². The maximum Gasteiger partial charge on any atom is 0.408 e. The molecule has 0 unspecified atom stereocenters. The first kappa shape index (κ1) is 10.8. The van der Waals surface area contributed by atoms with Gasteiger partial charge in [0.05, 0.1) is 12.2 Å². The normalized spacial score (nSPS) is 13.1. The lowest BCUT2D eigenvalue weighted by Crippen LogP contribution is -2.39. The Morgan fingerprint density at radius 3 is 1.36 bits per heavy atom. The van der Waals surface area contributed by atoms with Gasteiger partial charge in [-0.15, -0.1) is 0 Å². The first-order valence-corrected chi connectivity index (χ1v) is 3.64. The van der Waals surface area contributed by atoms with Gasteiger partial charge in [0.1, 0.15) is 0 Å². The van der Waals surface area contributed by atoms with E-state index in [1.165, 1.54) is 0 Å². The molecule has 0 atom stereocenters. The summed E-state index contributed by atoms with van der Waals surface area (Å²) in [4.78, 5) is 0. The molecule has 4 heteroatoms. The smallest absolute Gasteiger partial charge is 0.319 e. The molecule has 0 aliphatic rings. The largest absolute Gasteiger partial charge is 0.408 e. The Morgan fingerprint density at radius 2 is 1.18 bits per heavy atom. The summed E-state index contributed by atoms with van der Waals surface area (Å²) in [6, 6.07) is 0. The highest BCUT2D eigenvalue weighted by molar-refractivity contribution is 4.42.